The van der Waals surface area contributed by atoms with Gasteiger partial charge in [0, 0.05) is 11.1 Å². The van der Waals surface area contributed by atoms with Gasteiger partial charge in [0.2, 0.25) is 0 Å². The van der Waals surface area contributed by atoms with Gasteiger partial charge in [-0.1, -0.05) is 38.1 Å². The van der Waals surface area contributed by atoms with Crippen molar-refractivity contribution in [3.05, 3.63) is 41.5 Å². The van der Waals surface area contributed by atoms with Crippen molar-refractivity contribution in [3.8, 4) is 0 Å². The molecule has 0 bridgehead atoms. The van der Waals surface area contributed by atoms with Crippen molar-refractivity contribution in [2.24, 2.45) is 4.99 Å². The summed E-state index contributed by atoms with van der Waals surface area (Å²) in [5, 5.41) is 0.889. The molecule has 1 heterocycles. The fraction of sp³-hybridized carbons (Fsp3) is 0.312. The molecule has 3 rings (SSSR count). The zero-order valence-electron chi connectivity index (χ0n) is 11.5. The molecule has 1 aliphatic heterocycles. The molecule has 1 nitrogen and oxygen atoms in total. The van der Waals surface area contributed by atoms with Crippen molar-refractivity contribution in [2.45, 2.75) is 32.4 Å². The van der Waals surface area contributed by atoms with Gasteiger partial charge in [-0.05, 0) is 29.3 Å². The molecule has 0 saturated heterocycles. The molecular weight excluding hydrogens is 263 g/mol. The van der Waals surface area contributed by atoms with Crippen LogP contribution in [0.5, 0.6) is 0 Å². The highest BCUT2D eigenvalue weighted by molar-refractivity contribution is 6.07. The van der Waals surface area contributed by atoms with E-state index in [0.29, 0.717) is 11.1 Å². The van der Waals surface area contributed by atoms with E-state index in [1.165, 1.54) is 12.1 Å². The topological polar surface area (TPSA) is 12.4 Å². The zero-order valence-corrected chi connectivity index (χ0v) is 11.5. The van der Waals surface area contributed by atoms with Crippen LogP contribution in [-0.4, -0.2) is 5.71 Å². The minimum absolute atomic E-state index is 0.247. The third kappa shape index (κ3) is 1.67. The van der Waals surface area contributed by atoms with Crippen LogP contribution in [0.4, 0.5) is 18.9 Å². The summed E-state index contributed by atoms with van der Waals surface area (Å²) in [5.74, 6) is 0. The molecule has 20 heavy (non-hydrogen) atoms. The van der Waals surface area contributed by atoms with E-state index in [2.05, 4.69) is 4.99 Å². The third-order valence-corrected chi connectivity index (χ3v) is 4.15. The number of nitrogens with zero attached hydrogens (tertiary/aromatic N) is 1. The Hall–Kier alpha value is -1.84. The maximum absolute atomic E-state index is 13.2. The molecule has 0 fully saturated rings. The lowest BCUT2D eigenvalue weighted by Gasteiger charge is -2.23. The second kappa shape index (κ2) is 3.84. The van der Waals surface area contributed by atoms with Crippen molar-refractivity contribution < 1.29 is 13.2 Å². The average molecular weight is 277 g/mol. The van der Waals surface area contributed by atoms with Crippen molar-refractivity contribution >= 4 is 22.2 Å². The first-order valence-corrected chi connectivity index (χ1v) is 6.42. The van der Waals surface area contributed by atoms with E-state index in [4.69, 9.17) is 0 Å². The van der Waals surface area contributed by atoms with Crippen LogP contribution in [0.2, 0.25) is 0 Å². The first-order chi connectivity index (χ1) is 9.23. The molecule has 0 saturated carbocycles. The molecule has 4 heteroatoms. The summed E-state index contributed by atoms with van der Waals surface area (Å²) >= 11 is 0. The lowest BCUT2D eigenvalue weighted by atomic mass is 9.79. The molecule has 0 aliphatic carbocycles. The van der Waals surface area contributed by atoms with Gasteiger partial charge < -0.3 is 0 Å². The quantitative estimate of drug-likeness (QED) is 0.624. The van der Waals surface area contributed by atoms with Gasteiger partial charge >= 0.3 is 6.18 Å². The highest BCUT2D eigenvalue weighted by Gasteiger charge is 2.39. The van der Waals surface area contributed by atoms with Gasteiger partial charge in [-0.15, -0.1) is 0 Å². The van der Waals surface area contributed by atoms with E-state index in [1.54, 1.807) is 18.2 Å². The maximum atomic E-state index is 13.2. The molecule has 0 unspecified atom stereocenters. The Morgan fingerprint density at radius 3 is 2.25 bits per heavy atom. The van der Waals surface area contributed by atoms with Gasteiger partial charge in [0.05, 0.1) is 11.3 Å². The van der Waals surface area contributed by atoms with Crippen molar-refractivity contribution in [2.75, 3.05) is 0 Å². The molecule has 2 aromatic carbocycles. The maximum Gasteiger partial charge on any atom is 0.417 e. The SMILES string of the molecule is CC1=Nc2cc(C(F)(F)F)c3ccccc3c2C1(C)C. The van der Waals surface area contributed by atoms with Crippen LogP contribution in [0.1, 0.15) is 31.9 Å². The van der Waals surface area contributed by atoms with Gasteiger partial charge in [-0.3, -0.25) is 4.99 Å². The Bertz CT molecular complexity index is 739. The van der Waals surface area contributed by atoms with Crippen LogP contribution in [0.3, 0.4) is 0 Å². The molecule has 1 aliphatic rings. The van der Waals surface area contributed by atoms with Gasteiger partial charge in [0.1, 0.15) is 0 Å². The zero-order chi connectivity index (χ0) is 14.7. The Balaban J connectivity index is 2.47. The Morgan fingerprint density at radius 2 is 1.65 bits per heavy atom. The molecular formula is C16H14F3N. The van der Waals surface area contributed by atoms with Gasteiger partial charge in [0.15, 0.2) is 0 Å². The van der Waals surface area contributed by atoms with Crippen LogP contribution in [0.15, 0.2) is 35.3 Å². The average Bonchev–Trinajstić information content (AvgIpc) is 2.58. The second-order valence-electron chi connectivity index (χ2n) is 5.68. The minimum atomic E-state index is -4.37. The smallest absolute Gasteiger partial charge is 0.257 e. The Labute approximate surface area is 115 Å². The lowest BCUT2D eigenvalue weighted by molar-refractivity contribution is -0.136. The predicted molar refractivity (Wildman–Crippen MR) is 74.7 cm³/mol. The van der Waals surface area contributed by atoms with Crippen molar-refractivity contribution in [1.29, 1.82) is 0 Å². The summed E-state index contributed by atoms with van der Waals surface area (Å²) < 4.78 is 39.7. The largest absolute Gasteiger partial charge is 0.417 e. The standard InChI is InChI=1S/C16H14F3N/c1-9-15(2,3)14-11-7-5-4-6-10(11)12(16(17,18)19)8-13(14)20-9/h4-8H,1-3H3. The van der Waals surface area contributed by atoms with E-state index in [-0.39, 0.29) is 10.8 Å². The van der Waals surface area contributed by atoms with Gasteiger partial charge in [0.25, 0.3) is 0 Å². The summed E-state index contributed by atoms with van der Waals surface area (Å²) in [6, 6.07) is 7.86. The number of rotatable bonds is 0. The third-order valence-electron chi connectivity index (χ3n) is 4.15. The molecule has 2 aromatic rings. The highest BCUT2D eigenvalue weighted by Crippen LogP contribution is 2.48. The first kappa shape index (κ1) is 13.2. The highest BCUT2D eigenvalue weighted by atomic mass is 19.4. The molecule has 0 radical (unpaired) electrons. The molecule has 0 amide bonds. The summed E-state index contributed by atoms with van der Waals surface area (Å²) in [5.41, 5.74) is 1.23. The van der Waals surface area contributed by atoms with E-state index >= 15 is 0 Å². The van der Waals surface area contributed by atoms with Crippen LogP contribution in [-0.2, 0) is 11.6 Å². The van der Waals surface area contributed by atoms with Crippen molar-refractivity contribution in [1.82, 2.24) is 0 Å². The Kier molecular flexibility index (Phi) is 2.53. The number of hydrogen-bond donors (Lipinski definition) is 0. The molecule has 0 spiro atoms. The Morgan fingerprint density at radius 1 is 1.05 bits per heavy atom. The predicted octanol–water partition coefficient (Wildman–Crippen LogP) is 5.24. The van der Waals surface area contributed by atoms with Crippen LogP contribution in [0.25, 0.3) is 10.8 Å². The van der Waals surface area contributed by atoms with Crippen LogP contribution >= 0.6 is 0 Å². The van der Waals surface area contributed by atoms with Crippen molar-refractivity contribution in [3.63, 3.8) is 0 Å². The first-order valence-electron chi connectivity index (χ1n) is 6.42. The van der Waals surface area contributed by atoms with E-state index in [1.807, 2.05) is 20.8 Å². The number of fused-ring (bicyclic) bond motifs is 3. The number of alkyl halides is 3. The minimum Gasteiger partial charge on any atom is -0.257 e. The van der Waals surface area contributed by atoms with E-state index < -0.39 is 11.7 Å². The lowest BCUT2D eigenvalue weighted by Crippen LogP contribution is -2.23. The summed E-state index contributed by atoms with van der Waals surface area (Å²) in [6.45, 7) is 5.86. The van der Waals surface area contributed by atoms with E-state index in [9.17, 15) is 13.2 Å². The summed E-state index contributed by atoms with van der Waals surface area (Å²) in [4.78, 5) is 4.35. The molecule has 0 atom stereocenters. The second-order valence-corrected chi connectivity index (χ2v) is 5.68. The fourth-order valence-electron chi connectivity index (χ4n) is 2.84. The monoisotopic (exact) mass is 277 g/mol. The van der Waals surface area contributed by atoms with Gasteiger partial charge in [-0.25, -0.2) is 0 Å². The number of benzene rings is 2. The van der Waals surface area contributed by atoms with E-state index in [0.717, 1.165) is 11.3 Å². The molecule has 0 N–H and O–H groups in total. The molecule has 0 aromatic heterocycles. The van der Waals surface area contributed by atoms with Crippen LogP contribution < -0.4 is 0 Å². The number of aliphatic imine (C=N–C) groups is 1. The molecule has 104 valence electrons. The summed E-state index contributed by atoms with van der Waals surface area (Å²) in [7, 11) is 0. The number of hydrogen-bond acceptors (Lipinski definition) is 1. The van der Waals surface area contributed by atoms with Crippen LogP contribution in [0, 0.1) is 0 Å². The van der Waals surface area contributed by atoms with Gasteiger partial charge in [-0.2, -0.15) is 13.2 Å². The fourth-order valence-corrected chi connectivity index (χ4v) is 2.84. The normalized spacial score (nSPS) is 17.2. The summed E-state index contributed by atoms with van der Waals surface area (Å²) in [6.07, 6.45) is -4.37. The number of halogens is 3.